The number of hydrogen-bond donors (Lipinski definition) is 0. The molecular weight excluding hydrogens is 825 g/mol. The van der Waals surface area contributed by atoms with Crippen molar-refractivity contribution >= 4 is 87.3 Å². The summed E-state index contributed by atoms with van der Waals surface area (Å²) in [4.78, 5) is 11.5. The molecule has 14 rings (SSSR count). The van der Waals surface area contributed by atoms with Crippen molar-refractivity contribution in [3.05, 3.63) is 240 Å². The predicted molar refractivity (Wildman–Crippen MR) is 286 cm³/mol. The molecule has 3 unspecified atom stereocenters. The lowest BCUT2D eigenvalue weighted by molar-refractivity contribution is 0.533. The minimum Gasteiger partial charge on any atom is -0.456 e. The molecule has 3 atom stereocenters. The summed E-state index contributed by atoms with van der Waals surface area (Å²) >= 11 is 0. The van der Waals surface area contributed by atoms with Crippen LogP contribution in [0.1, 0.15) is 65.1 Å². The summed E-state index contributed by atoms with van der Waals surface area (Å²) in [5.74, 6) is 0.890. The van der Waals surface area contributed by atoms with Crippen LogP contribution in [-0.4, -0.2) is 11.5 Å². The van der Waals surface area contributed by atoms with Gasteiger partial charge in [-0.3, -0.25) is 4.99 Å². The molecule has 322 valence electrons. The molecule has 1 aliphatic carbocycles. The van der Waals surface area contributed by atoms with E-state index >= 15 is 0 Å². The Morgan fingerprint density at radius 3 is 1.88 bits per heavy atom. The highest BCUT2D eigenvalue weighted by Crippen LogP contribution is 2.47. The molecule has 0 radical (unpaired) electrons. The summed E-state index contributed by atoms with van der Waals surface area (Å²) in [6, 6.07) is 76.0. The molecule has 0 N–H and O–H groups in total. The molecule has 0 saturated heterocycles. The summed E-state index contributed by atoms with van der Waals surface area (Å²) in [5.41, 5.74) is 12.8. The van der Waals surface area contributed by atoms with E-state index in [0.29, 0.717) is 0 Å². The molecule has 0 bridgehead atoms. The first-order valence-corrected chi connectivity index (χ1v) is 24.2. The summed E-state index contributed by atoms with van der Waals surface area (Å²) < 4.78 is 6.88. The number of amidine groups is 1. The Labute approximate surface area is 394 Å². The molecule has 3 nitrogen and oxygen atoms in total. The maximum absolute atomic E-state index is 6.88. The number of fused-ring (bicyclic) bond motifs is 13. The summed E-state index contributed by atoms with van der Waals surface area (Å²) in [6.07, 6.45) is 2.80. The van der Waals surface area contributed by atoms with Crippen LogP contribution in [0.15, 0.2) is 221 Å². The van der Waals surface area contributed by atoms with Crippen molar-refractivity contribution in [1.29, 1.82) is 0 Å². The second-order valence-corrected chi connectivity index (χ2v) is 19.0. The van der Waals surface area contributed by atoms with Crippen LogP contribution in [0.4, 0.5) is 0 Å². The van der Waals surface area contributed by atoms with Crippen LogP contribution in [0, 0.1) is 5.92 Å². The predicted octanol–water partition coefficient (Wildman–Crippen LogP) is 17.1. The molecule has 0 amide bonds. The molecule has 12 aromatic rings. The van der Waals surface area contributed by atoms with Gasteiger partial charge in [-0.2, -0.15) is 0 Å². The first-order chi connectivity index (χ1) is 33.6. The van der Waals surface area contributed by atoms with Crippen molar-refractivity contribution in [2.45, 2.75) is 38.1 Å². The number of aryl methyl sites for hydroxylation is 1. The van der Waals surface area contributed by atoms with Gasteiger partial charge < -0.3 is 4.42 Å². The van der Waals surface area contributed by atoms with Crippen LogP contribution in [0.2, 0.25) is 0 Å². The number of aliphatic imine (C=N–C) groups is 2. The third-order valence-corrected chi connectivity index (χ3v) is 15.3. The van der Waals surface area contributed by atoms with Gasteiger partial charge >= 0.3 is 0 Å². The molecule has 0 fully saturated rings. The van der Waals surface area contributed by atoms with E-state index in [2.05, 4.69) is 213 Å². The van der Waals surface area contributed by atoms with Gasteiger partial charge in [0.25, 0.3) is 0 Å². The minimum absolute atomic E-state index is 0.0479. The second-order valence-electron chi connectivity index (χ2n) is 19.0. The van der Waals surface area contributed by atoms with Crippen molar-refractivity contribution in [3.8, 4) is 11.1 Å². The lowest BCUT2D eigenvalue weighted by atomic mass is 9.81. The third kappa shape index (κ3) is 6.19. The van der Waals surface area contributed by atoms with Crippen LogP contribution >= 0.6 is 0 Å². The van der Waals surface area contributed by atoms with E-state index in [1.165, 1.54) is 92.6 Å². The van der Waals surface area contributed by atoms with Crippen LogP contribution in [-0.2, 0) is 6.42 Å². The van der Waals surface area contributed by atoms with Crippen molar-refractivity contribution in [3.63, 3.8) is 0 Å². The fraction of sp³-hybridized carbons (Fsp3) is 0.108. The van der Waals surface area contributed by atoms with E-state index in [-0.39, 0.29) is 17.9 Å². The standard InChI is InChI=1S/C65H46N2O/c1-2-49-63(46-28-30-52-43(34-46)25-23-39-13-5-7-17-50(39)52)66-65(67-64(49)47-29-31-53-44(35-47)26-24-40-14-6-8-18-51(40)53)48-37-59(62-57-21-11-12-22-60(57)68-61(62)38-48)56-32-27-45-33-41-15-3-4-16-42(41)36-58(45)55-20-10-9-19-54(55)56/h3-26,28-31,33-38,49,56,63H,2,27,32H2,1H3. The molecule has 1 aliphatic heterocycles. The zero-order chi connectivity index (χ0) is 44.9. The Balaban J connectivity index is 0.988. The fourth-order valence-corrected chi connectivity index (χ4v) is 12.0. The lowest BCUT2D eigenvalue weighted by Crippen LogP contribution is -2.28. The van der Waals surface area contributed by atoms with Crippen LogP contribution in [0.5, 0.6) is 0 Å². The van der Waals surface area contributed by atoms with E-state index in [1.54, 1.807) is 0 Å². The van der Waals surface area contributed by atoms with Gasteiger partial charge in [0.05, 0.1) is 11.8 Å². The van der Waals surface area contributed by atoms with Crippen molar-refractivity contribution in [1.82, 2.24) is 0 Å². The Bertz CT molecular complexity index is 4110. The largest absolute Gasteiger partial charge is 0.456 e. The third-order valence-electron chi connectivity index (χ3n) is 15.3. The van der Waals surface area contributed by atoms with Gasteiger partial charge in [0.1, 0.15) is 11.2 Å². The van der Waals surface area contributed by atoms with Crippen molar-refractivity contribution in [2.24, 2.45) is 15.9 Å². The molecule has 0 saturated carbocycles. The van der Waals surface area contributed by atoms with Crippen molar-refractivity contribution in [2.75, 3.05) is 0 Å². The normalized spacial score (nSPS) is 17.2. The average Bonchev–Trinajstić information content (AvgIpc) is 3.70. The first-order valence-electron chi connectivity index (χ1n) is 24.2. The summed E-state index contributed by atoms with van der Waals surface area (Å²) in [5, 5.41) is 14.9. The molecule has 11 aromatic carbocycles. The maximum Gasteiger partial charge on any atom is 0.155 e. The van der Waals surface area contributed by atoms with Crippen molar-refractivity contribution < 1.29 is 4.42 Å². The van der Waals surface area contributed by atoms with E-state index < -0.39 is 0 Å². The molecule has 2 heterocycles. The Morgan fingerprint density at radius 2 is 1.10 bits per heavy atom. The van der Waals surface area contributed by atoms with Crippen LogP contribution in [0.3, 0.4) is 0 Å². The van der Waals surface area contributed by atoms with Crippen LogP contribution in [0.25, 0.3) is 86.9 Å². The summed E-state index contributed by atoms with van der Waals surface area (Å²) in [6.45, 7) is 2.29. The lowest BCUT2D eigenvalue weighted by Gasteiger charge is -2.30. The first kappa shape index (κ1) is 39.1. The van der Waals surface area contributed by atoms with Gasteiger partial charge in [-0.15, -0.1) is 0 Å². The highest BCUT2D eigenvalue weighted by molar-refractivity contribution is 6.19. The fourth-order valence-electron chi connectivity index (χ4n) is 12.0. The SMILES string of the molecule is CCC1C(c2ccc3c(ccc4ccccc43)c2)=NC(c2cc(C3CCc4cc5ccccc5cc4-c4ccccc43)c3c(c2)oc2ccccc23)=NC1c1ccc2c(ccc3ccccc32)c1. The second kappa shape index (κ2) is 15.5. The van der Waals surface area contributed by atoms with Gasteiger partial charge in [-0.05, 0) is 148 Å². The highest BCUT2D eigenvalue weighted by atomic mass is 16.3. The Hall–Kier alpha value is -8.14. The number of para-hydroxylation sites is 1. The Kier molecular flexibility index (Phi) is 8.89. The summed E-state index contributed by atoms with van der Waals surface area (Å²) in [7, 11) is 0. The van der Waals surface area contributed by atoms with Crippen LogP contribution < -0.4 is 0 Å². The van der Waals surface area contributed by atoms with Gasteiger partial charge in [0, 0.05) is 28.2 Å². The van der Waals surface area contributed by atoms with E-state index in [0.717, 1.165) is 58.5 Å². The van der Waals surface area contributed by atoms with E-state index in [1.807, 2.05) is 0 Å². The minimum atomic E-state index is -0.164. The number of hydrogen-bond acceptors (Lipinski definition) is 3. The zero-order valence-corrected chi connectivity index (χ0v) is 37.8. The van der Waals surface area contributed by atoms with E-state index in [4.69, 9.17) is 14.4 Å². The van der Waals surface area contributed by atoms with Gasteiger partial charge in [0.15, 0.2) is 5.84 Å². The van der Waals surface area contributed by atoms with Gasteiger partial charge in [-0.1, -0.05) is 177 Å². The molecule has 3 heteroatoms. The molecule has 68 heavy (non-hydrogen) atoms. The smallest absolute Gasteiger partial charge is 0.155 e. The van der Waals surface area contributed by atoms with Gasteiger partial charge in [-0.25, -0.2) is 4.99 Å². The maximum atomic E-state index is 6.88. The van der Waals surface area contributed by atoms with E-state index in [9.17, 15) is 0 Å². The zero-order valence-electron chi connectivity index (χ0n) is 37.8. The number of furan rings is 1. The van der Waals surface area contributed by atoms with Gasteiger partial charge in [0.2, 0.25) is 0 Å². The average molecular weight is 871 g/mol. The number of rotatable bonds is 5. The topological polar surface area (TPSA) is 37.9 Å². The highest BCUT2D eigenvalue weighted by Gasteiger charge is 2.34. The molecule has 2 aliphatic rings. The number of benzene rings is 11. The molecule has 1 aromatic heterocycles. The molecular formula is C65H46N2O. The quantitative estimate of drug-likeness (QED) is 0.159. The monoisotopic (exact) mass is 870 g/mol. The Morgan fingerprint density at radius 1 is 0.471 bits per heavy atom. The molecule has 0 spiro atoms. The number of nitrogens with zero attached hydrogens (tertiary/aromatic N) is 2.